The van der Waals surface area contributed by atoms with Gasteiger partial charge in [0, 0.05) is 0 Å². The van der Waals surface area contributed by atoms with Gasteiger partial charge in [-0.15, -0.1) is 0 Å². The Balaban J connectivity index is 1.25. The topological polar surface area (TPSA) is 0 Å². The van der Waals surface area contributed by atoms with Crippen molar-refractivity contribution in [2.45, 2.75) is 0 Å². The molecule has 0 aromatic heterocycles. The molecule has 0 aliphatic rings. The van der Waals surface area contributed by atoms with Crippen molar-refractivity contribution < 1.29 is 0 Å². The van der Waals surface area contributed by atoms with Gasteiger partial charge in [0.2, 0.25) is 0 Å². The molecule has 0 bridgehead atoms. The van der Waals surface area contributed by atoms with Crippen LogP contribution in [0.5, 0.6) is 0 Å². The van der Waals surface area contributed by atoms with Crippen LogP contribution in [0.25, 0.3) is 88.0 Å². The molecule has 0 radical (unpaired) electrons. The highest BCUT2D eigenvalue weighted by Crippen LogP contribution is 2.42. The summed E-state index contributed by atoms with van der Waals surface area (Å²) in [6.45, 7) is 0. The van der Waals surface area contributed by atoms with Crippen LogP contribution in [0.15, 0.2) is 194 Å². The summed E-state index contributed by atoms with van der Waals surface area (Å²) in [6.07, 6.45) is 0. The molecule has 0 saturated heterocycles. The molecule has 0 amide bonds. The van der Waals surface area contributed by atoms with E-state index in [1.165, 1.54) is 88.0 Å². The molecule has 0 atom stereocenters. The smallest absolute Gasteiger partial charge is 0.00928 e. The van der Waals surface area contributed by atoms with Crippen LogP contribution < -0.4 is 0 Å². The maximum Gasteiger partial charge on any atom is -0.00928 e. The van der Waals surface area contributed by atoms with Gasteiger partial charge in [0.05, 0.1) is 0 Å². The minimum Gasteiger partial charge on any atom is -0.0622 e. The van der Waals surface area contributed by atoms with Crippen molar-refractivity contribution in [3.8, 4) is 55.6 Å². The van der Waals surface area contributed by atoms with Gasteiger partial charge in [-0.05, 0) is 124 Å². The Morgan fingerprint density at radius 3 is 1.31 bits per heavy atom. The van der Waals surface area contributed by atoms with Crippen LogP contribution in [0, 0.1) is 0 Å². The van der Waals surface area contributed by atoms with E-state index in [4.69, 9.17) is 0 Å². The van der Waals surface area contributed by atoms with E-state index in [1.807, 2.05) is 0 Å². The molecule has 9 aromatic rings. The molecule has 0 aliphatic carbocycles. The standard InChI is InChI=1S/C48H32/c1-4-13-33(14-5-1)36-21-12-22-37(27-36)40-23-25-43-42(28-40)32-46(35-17-8-3-9-18-35)48-31-41(24-26-44(43)48)47-30-39-20-11-10-19-38(39)29-45(47)34-15-6-2-7-16-34/h1-32H. The van der Waals surface area contributed by atoms with E-state index in [1.54, 1.807) is 0 Å². The maximum absolute atomic E-state index is 2.41. The lowest BCUT2D eigenvalue weighted by Crippen LogP contribution is -1.90. The van der Waals surface area contributed by atoms with Crippen LogP contribution in [0.1, 0.15) is 0 Å². The quantitative estimate of drug-likeness (QED) is 0.171. The predicted octanol–water partition coefficient (Wildman–Crippen LogP) is 13.5. The Labute approximate surface area is 281 Å². The van der Waals surface area contributed by atoms with Crippen molar-refractivity contribution in [3.63, 3.8) is 0 Å². The fourth-order valence-electron chi connectivity index (χ4n) is 7.21. The second kappa shape index (κ2) is 11.8. The normalized spacial score (nSPS) is 11.3. The zero-order valence-electron chi connectivity index (χ0n) is 26.5. The molecule has 48 heavy (non-hydrogen) atoms. The van der Waals surface area contributed by atoms with Gasteiger partial charge in [0.1, 0.15) is 0 Å². The highest BCUT2D eigenvalue weighted by Gasteiger charge is 2.15. The predicted molar refractivity (Wildman–Crippen MR) is 206 cm³/mol. The molecule has 0 unspecified atom stereocenters. The van der Waals surface area contributed by atoms with Gasteiger partial charge < -0.3 is 0 Å². The van der Waals surface area contributed by atoms with Crippen molar-refractivity contribution in [1.29, 1.82) is 0 Å². The summed E-state index contributed by atoms with van der Waals surface area (Å²) in [5.41, 5.74) is 12.3. The summed E-state index contributed by atoms with van der Waals surface area (Å²) >= 11 is 0. The third-order valence-corrected chi connectivity index (χ3v) is 9.62. The summed E-state index contributed by atoms with van der Waals surface area (Å²) in [5, 5.41) is 7.53. The number of fused-ring (bicyclic) bond motifs is 4. The van der Waals surface area contributed by atoms with E-state index in [0.717, 1.165) is 0 Å². The van der Waals surface area contributed by atoms with Crippen molar-refractivity contribution in [2.24, 2.45) is 0 Å². The lowest BCUT2D eigenvalue weighted by Gasteiger charge is -2.16. The number of rotatable bonds is 5. The summed E-state index contributed by atoms with van der Waals surface area (Å²) in [7, 11) is 0. The largest absolute Gasteiger partial charge is 0.0622 e. The van der Waals surface area contributed by atoms with Crippen molar-refractivity contribution in [3.05, 3.63) is 194 Å². The fourth-order valence-corrected chi connectivity index (χ4v) is 7.21. The first kappa shape index (κ1) is 28.0. The highest BCUT2D eigenvalue weighted by molar-refractivity contribution is 6.15. The van der Waals surface area contributed by atoms with Crippen LogP contribution in [0.4, 0.5) is 0 Å². The molecule has 0 saturated carbocycles. The van der Waals surface area contributed by atoms with Crippen molar-refractivity contribution in [2.75, 3.05) is 0 Å². The first-order valence-electron chi connectivity index (χ1n) is 16.6. The molecule has 224 valence electrons. The van der Waals surface area contributed by atoms with Gasteiger partial charge in [0.15, 0.2) is 0 Å². The molecule has 0 spiro atoms. The molecule has 9 aromatic carbocycles. The minimum atomic E-state index is 1.22. The minimum absolute atomic E-state index is 1.22. The van der Waals surface area contributed by atoms with Gasteiger partial charge in [-0.25, -0.2) is 0 Å². The first-order valence-corrected chi connectivity index (χ1v) is 16.6. The number of hydrogen-bond donors (Lipinski definition) is 0. The molecule has 0 heterocycles. The second-order valence-corrected chi connectivity index (χ2v) is 12.5. The van der Waals surface area contributed by atoms with E-state index in [-0.39, 0.29) is 0 Å². The molecule has 0 fully saturated rings. The summed E-state index contributed by atoms with van der Waals surface area (Å²) in [4.78, 5) is 0. The van der Waals surface area contributed by atoms with E-state index in [9.17, 15) is 0 Å². The monoisotopic (exact) mass is 608 g/mol. The second-order valence-electron chi connectivity index (χ2n) is 12.5. The zero-order valence-corrected chi connectivity index (χ0v) is 26.5. The van der Waals surface area contributed by atoms with Gasteiger partial charge >= 0.3 is 0 Å². The van der Waals surface area contributed by atoms with E-state index in [2.05, 4.69) is 194 Å². The molecule has 0 N–H and O–H groups in total. The SMILES string of the molecule is c1ccc(-c2cccc(-c3ccc4c(c3)cc(-c3ccccc3)c3cc(-c5cc6ccccc6cc5-c5ccccc5)ccc34)c2)cc1. The van der Waals surface area contributed by atoms with Crippen LogP contribution in [-0.2, 0) is 0 Å². The van der Waals surface area contributed by atoms with Gasteiger partial charge in [-0.3, -0.25) is 0 Å². The molecule has 0 heteroatoms. The van der Waals surface area contributed by atoms with Crippen LogP contribution in [0.2, 0.25) is 0 Å². The van der Waals surface area contributed by atoms with Crippen LogP contribution in [-0.4, -0.2) is 0 Å². The first-order chi connectivity index (χ1) is 23.8. The highest BCUT2D eigenvalue weighted by atomic mass is 14.2. The average molecular weight is 609 g/mol. The summed E-state index contributed by atoms with van der Waals surface area (Å²) in [6, 6.07) is 70.8. The Kier molecular flexibility index (Phi) is 6.91. The molecular weight excluding hydrogens is 577 g/mol. The summed E-state index contributed by atoms with van der Waals surface area (Å²) in [5.74, 6) is 0. The third kappa shape index (κ3) is 5.05. The Morgan fingerprint density at radius 2 is 0.646 bits per heavy atom. The van der Waals surface area contributed by atoms with Gasteiger partial charge in [-0.2, -0.15) is 0 Å². The number of hydrogen-bond acceptors (Lipinski definition) is 0. The molecule has 0 aliphatic heterocycles. The summed E-state index contributed by atoms with van der Waals surface area (Å²) < 4.78 is 0. The maximum atomic E-state index is 2.41. The fraction of sp³-hybridized carbons (Fsp3) is 0. The molecular formula is C48H32. The van der Waals surface area contributed by atoms with Crippen LogP contribution >= 0.6 is 0 Å². The van der Waals surface area contributed by atoms with E-state index < -0.39 is 0 Å². The third-order valence-electron chi connectivity index (χ3n) is 9.62. The van der Waals surface area contributed by atoms with Gasteiger partial charge in [-0.1, -0.05) is 158 Å². The molecule has 9 rings (SSSR count). The van der Waals surface area contributed by atoms with Crippen molar-refractivity contribution in [1.82, 2.24) is 0 Å². The zero-order chi connectivity index (χ0) is 31.9. The Hall–Kier alpha value is -6.24. The lowest BCUT2D eigenvalue weighted by atomic mass is 9.87. The van der Waals surface area contributed by atoms with Crippen molar-refractivity contribution >= 4 is 32.3 Å². The molecule has 0 nitrogen and oxygen atoms in total. The van der Waals surface area contributed by atoms with Gasteiger partial charge in [0.25, 0.3) is 0 Å². The van der Waals surface area contributed by atoms with Crippen LogP contribution in [0.3, 0.4) is 0 Å². The number of benzene rings is 9. The average Bonchev–Trinajstić information content (AvgIpc) is 3.17. The van der Waals surface area contributed by atoms with E-state index in [0.29, 0.717) is 0 Å². The van der Waals surface area contributed by atoms with E-state index >= 15 is 0 Å². The Bertz CT molecular complexity index is 2580. The Morgan fingerprint density at radius 1 is 0.188 bits per heavy atom. The lowest BCUT2D eigenvalue weighted by molar-refractivity contribution is 1.60.